The first-order valence-corrected chi connectivity index (χ1v) is 9.45. The van der Waals surface area contributed by atoms with Crippen molar-refractivity contribution in [2.45, 2.75) is 44.9 Å². The SMILES string of the molecule is CC(C)c1noc2nc(C3CC3)cc(C(=O)Nc3ccc(CC(=O)O)c(F)c3)c12. The lowest BCUT2D eigenvalue weighted by Gasteiger charge is -2.10. The van der Waals surface area contributed by atoms with Gasteiger partial charge in [-0.1, -0.05) is 25.1 Å². The fraction of sp³-hybridized carbons (Fsp3) is 0.333. The van der Waals surface area contributed by atoms with Gasteiger partial charge in [0, 0.05) is 17.3 Å². The van der Waals surface area contributed by atoms with Gasteiger partial charge in [-0.05, 0) is 42.5 Å². The molecule has 1 aliphatic carbocycles. The van der Waals surface area contributed by atoms with E-state index in [-0.39, 0.29) is 17.2 Å². The van der Waals surface area contributed by atoms with Gasteiger partial charge in [0.2, 0.25) is 0 Å². The third-order valence-electron chi connectivity index (χ3n) is 4.93. The lowest BCUT2D eigenvalue weighted by molar-refractivity contribution is -0.136. The Hall–Kier alpha value is -3.29. The van der Waals surface area contributed by atoms with Crippen LogP contribution in [0.25, 0.3) is 11.1 Å². The second-order valence-electron chi connectivity index (χ2n) is 7.60. The minimum absolute atomic E-state index is 0.0316. The minimum atomic E-state index is -1.12. The summed E-state index contributed by atoms with van der Waals surface area (Å²) in [6.45, 7) is 3.90. The summed E-state index contributed by atoms with van der Waals surface area (Å²) in [6, 6.07) is 5.72. The highest BCUT2D eigenvalue weighted by molar-refractivity contribution is 6.12. The third kappa shape index (κ3) is 3.83. The highest BCUT2D eigenvalue weighted by Crippen LogP contribution is 2.41. The second-order valence-corrected chi connectivity index (χ2v) is 7.60. The third-order valence-corrected chi connectivity index (χ3v) is 4.93. The topological polar surface area (TPSA) is 105 Å². The number of hydrogen-bond acceptors (Lipinski definition) is 5. The largest absolute Gasteiger partial charge is 0.481 e. The van der Waals surface area contributed by atoms with Gasteiger partial charge < -0.3 is 14.9 Å². The molecule has 7 nitrogen and oxygen atoms in total. The van der Waals surface area contributed by atoms with Crippen molar-refractivity contribution < 1.29 is 23.6 Å². The number of carbonyl (C=O) groups is 2. The summed E-state index contributed by atoms with van der Waals surface area (Å²) >= 11 is 0. The molecule has 0 unspecified atom stereocenters. The Morgan fingerprint density at radius 1 is 1.31 bits per heavy atom. The number of fused-ring (bicyclic) bond motifs is 1. The first-order valence-electron chi connectivity index (χ1n) is 9.45. The Kier molecular flexibility index (Phi) is 4.77. The highest BCUT2D eigenvalue weighted by Gasteiger charge is 2.29. The molecule has 8 heteroatoms. The van der Waals surface area contributed by atoms with Crippen LogP contribution >= 0.6 is 0 Å². The predicted molar refractivity (Wildman–Crippen MR) is 104 cm³/mol. The van der Waals surface area contributed by atoms with Crippen LogP contribution in [0.1, 0.15) is 65.8 Å². The fourth-order valence-corrected chi connectivity index (χ4v) is 3.28. The number of pyridine rings is 1. The molecule has 4 rings (SSSR count). The van der Waals surface area contributed by atoms with Crippen molar-refractivity contribution in [3.63, 3.8) is 0 Å². The smallest absolute Gasteiger partial charge is 0.307 e. The molecule has 2 heterocycles. The van der Waals surface area contributed by atoms with E-state index in [9.17, 15) is 14.0 Å². The zero-order valence-corrected chi connectivity index (χ0v) is 16.0. The average molecular weight is 397 g/mol. The lowest BCUT2D eigenvalue weighted by atomic mass is 10.0. The molecule has 0 spiro atoms. The van der Waals surface area contributed by atoms with E-state index in [1.54, 1.807) is 6.07 Å². The fourth-order valence-electron chi connectivity index (χ4n) is 3.28. The number of benzene rings is 1. The molecule has 0 radical (unpaired) electrons. The second kappa shape index (κ2) is 7.27. The van der Waals surface area contributed by atoms with Crippen molar-refractivity contribution in [2.24, 2.45) is 0 Å². The van der Waals surface area contributed by atoms with Gasteiger partial charge in [-0.15, -0.1) is 0 Å². The predicted octanol–water partition coefficient (Wildman–Crippen LogP) is 4.24. The van der Waals surface area contributed by atoms with Crippen LogP contribution in [-0.4, -0.2) is 27.1 Å². The van der Waals surface area contributed by atoms with Crippen molar-refractivity contribution in [3.05, 3.63) is 52.6 Å². The van der Waals surface area contributed by atoms with Gasteiger partial charge in [0.05, 0.1) is 23.1 Å². The Labute approximate surface area is 165 Å². The van der Waals surface area contributed by atoms with E-state index in [0.717, 1.165) is 24.6 Å². The Morgan fingerprint density at radius 3 is 2.69 bits per heavy atom. The van der Waals surface area contributed by atoms with Gasteiger partial charge in [0.15, 0.2) is 0 Å². The molecule has 0 saturated heterocycles. The summed E-state index contributed by atoms with van der Waals surface area (Å²) in [6.07, 6.45) is 1.61. The molecule has 1 saturated carbocycles. The van der Waals surface area contributed by atoms with E-state index in [0.29, 0.717) is 28.3 Å². The maximum absolute atomic E-state index is 14.2. The van der Waals surface area contributed by atoms with E-state index in [4.69, 9.17) is 9.63 Å². The molecule has 0 atom stereocenters. The van der Waals surface area contributed by atoms with Crippen molar-refractivity contribution in [3.8, 4) is 0 Å². The molecule has 1 fully saturated rings. The van der Waals surface area contributed by atoms with E-state index in [1.807, 2.05) is 13.8 Å². The molecule has 3 aromatic rings. The molecule has 0 bridgehead atoms. The van der Waals surface area contributed by atoms with Crippen LogP contribution in [0.5, 0.6) is 0 Å². The minimum Gasteiger partial charge on any atom is -0.481 e. The van der Waals surface area contributed by atoms with Gasteiger partial charge in [-0.2, -0.15) is 0 Å². The molecule has 1 amide bonds. The van der Waals surface area contributed by atoms with Gasteiger partial charge in [0.25, 0.3) is 11.6 Å². The van der Waals surface area contributed by atoms with E-state index in [2.05, 4.69) is 15.5 Å². The molecule has 29 heavy (non-hydrogen) atoms. The molecular weight excluding hydrogens is 377 g/mol. The maximum Gasteiger partial charge on any atom is 0.307 e. The van der Waals surface area contributed by atoms with Gasteiger partial charge in [0.1, 0.15) is 5.82 Å². The molecule has 1 aromatic carbocycles. The number of aromatic nitrogens is 2. The van der Waals surface area contributed by atoms with Crippen molar-refractivity contribution in [1.29, 1.82) is 0 Å². The number of halogens is 1. The van der Waals surface area contributed by atoms with E-state index >= 15 is 0 Å². The monoisotopic (exact) mass is 397 g/mol. The Balaban J connectivity index is 1.70. The van der Waals surface area contributed by atoms with Crippen molar-refractivity contribution >= 4 is 28.7 Å². The zero-order valence-electron chi connectivity index (χ0n) is 16.0. The summed E-state index contributed by atoms with van der Waals surface area (Å²) in [4.78, 5) is 28.4. The number of carboxylic acids is 1. The number of carboxylic acid groups (broad SMARTS) is 1. The number of carbonyl (C=O) groups excluding carboxylic acids is 1. The van der Waals surface area contributed by atoms with Crippen LogP contribution in [0.15, 0.2) is 28.8 Å². The standard InChI is InChI=1S/C21H20FN3O4/c1-10(2)19-18-14(9-16(11-3-4-11)24-21(18)29-25-19)20(28)23-13-6-5-12(7-17(26)27)15(22)8-13/h5-6,8-11H,3-4,7H2,1-2H3,(H,23,28)(H,26,27). The maximum atomic E-state index is 14.2. The van der Waals surface area contributed by atoms with Crippen LogP contribution in [0.4, 0.5) is 10.1 Å². The molecule has 150 valence electrons. The van der Waals surface area contributed by atoms with E-state index < -0.39 is 24.1 Å². The summed E-state index contributed by atoms with van der Waals surface area (Å²) < 4.78 is 19.6. The van der Waals surface area contributed by atoms with Crippen LogP contribution in [-0.2, 0) is 11.2 Å². The highest BCUT2D eigenvalue weighted by atomic mass is 19.1. The number of aliphatic carboxylic acids is 1. The molecule has 2 N–H and O–H groups in total. The summed E-state index contributed by atoms with van der Waals surface area (Å²) in [7, 11) is 0. The number of anilines is 1. The first-order chi connectivity index (χ1) is 13.8. The van der Waals surface area contributed by atoms with Gasteiger partial charge >= 0.3 is 5.97 Å². The molecule has 0 aliphatic heterocycles. The Bertz CT molecular complexity index is 1120. The van der Waals surface area contributed by atoms with Crippen LogP contribution in [0.3, 0.4) is 0 Å². The van der Waals surface area contributed by atoms with E-state index in [1.165, 1.54) is 12.1 Å². The van der Waals surface area contributed by atoms with Crippen LogP contribution < -0.4 is 5.32 Å². The van der Waals surface area contributed by atoms with Crippen LogP contribution in [0, 0.1) is 5.82 Å². The Morgan fingerprint density at radius 2 is 2.07 bits per heavy atom. The first kappa shape index (κ1) is 19.0. The number of nitrogens with one attached hydrogen (secondary N) is 1. The normalized spacial score (nSPS) is 13.8. The summed E-state index contributed by atoms with van der Waals surface area (Å²) in [5.41, 5.74) is 2.43. The molecule has 2 aromatic heterocycles. The average Bonchev–Trinajstić information content (AvgIpc) is 3.41. The molecular formula is C21H20FN3O4. The van der Waals surface area contributed by atoms with Crippen molar-refractivity contribution in [2.75, 3.05) is 5.32 Å². The quantitative estimate of drug-likeness (QED) is 0.644. The molecule has 1 aliphatic rings. The number of rotatable bonds is 6. The van der Waals surface area contributed by atoms with Crippen LogP contribution in [0.2, 0.25) is 0 Å². The lowest BCUT2D eigenvalue weighted by Crippen LogP contribution is -2.14. The number of amides is 1. The van der Waals surface area contributed by atoms with Crippen molar-refractivity contribution in [1.82, 2.24) is 10.1 Å². The van der Waals surface area contributed by atoms with Gasteiger partial charge in [-0.25, -0.2) is 9.37 Å². The zero-order chi connectivity index (χ0) is 20.7. The number of nitrogens with zero attached hydrogens (tertiary/aromatic N) is 2. The van der Waals surface area contributed by atoms with Gasteiger partial charge in [-0.3, -0.25) is 9.59 Å². The summed E-state index contributed by atoms with van der Waals surface area (Å²) in [5.74, 6) is -1.89. The summed E-state index contributed by atoms with van der Waals surface area (Å²) in [5, 5.41) is 16.2. The number of hydrogen-bond donors (Lipinski definition) is 2.